The Morgan fingerprint density at radius 1 is 1.23 bits per heavy atom. The average Bonchev–Trinajstić information content (AvgIpc) is 2.18. The van der Waals surface area contributed by atoms with Gasteiger partial charge >= 0.3 is 0 Å². The van der Waals surface area contributed by atoms with Crippen molar-refractivity contribution in [1.82, 2.24) is 0 Å². The third-order valence-corrected chi connectivity index (χ3v) is 1.97. The summed E-state index contributed by atoms with van der Waals surface area (Å²) in [6, 6.07) is 10.2. The molecule has 13 heavy (non-hydrogen) atoms. The van der Waals surface area contributed by atoms with Crippen LogP contribution in [0.2, 0.25) is 0 Å². The Bertz CT molecular complexity index is 328. The molecule has 0 saturated heterocycles. The van der Waals surface area contributed by atoms with Crippen LogP contribution in [-0.2, 0) is 0 Å². The van der Waals surface area contributed by atoms with Crippen molar-refractivity contribution in [3.63, 3.8) is 0 Å². The average molecular weight is 170 g/mol. The minimum Gasteiger partial charge on any atom is -0.0991 e. The van der Waals surface area contributed by atoms with Crippen molar-refractivity contribution in [2.45, 2.75) is 6.92 Å². The number of hydrogen-bond donors (Lipinski definition) is 0. The van der Waals surface area contributed by atoms with Gasteiger partial charge in [-0.25, -0.2) is 0 Å². The van der Waals surface area contributed by atoms with Gasteiger partial charge in [0, 0.05) is 0 Å². The molecule has 1 aromatic carbocycles. The van der Waals surface area contributed by atoms with E-state index < -0.39 is 0 Å². The van der Waals surface area contributed by atoms with E-state index in [0.29, 0.717) is 0 Å². The van der Waals surface area contributed by atoms with Crippen LogP contribution in [0, 0.1) is 0 Å². The lowest BCUT2D eigenvalue weighted by atomic mass is 10.0. The maximum absolute atomic E-state index is 4.03. The number of benzene rings is 1. The lowest BCUT2D eigenvalue weighted by Crippen LogP contribution is -1.83. The fourth-order valence-electron chi connectivity index (χ4n) is 1.14. The van der Waals surface area contributed by atoms with E-state index in [2.05, 4.69) is 25.3 Å². The molecule has 0 aromatic heterocycles. The fourth-order valence-corrected chi connectivity index (χ4v) is 1.14. The van der Waals surface area contributed by atoms with Crippen molar-refractivity contribution in [3.05, 3.63) is 66.8 Å². The lowest BCUT2D eigenvalue weighted by Gasteiger charge is -2.04. The molecular weight excluding hydrogens is 156 g/mol. The van der Waals surface area contributed by atoms with E-state index in [9.17, 15) is 0 Å². The normalized spacial score (nSPS) is 11.0. The molecule has 0 aliphatic heterocycles. The van der Waals surface area contributed by atoms with E-state index in [0.717, 1.165) is 16.7 Å². The third kappa shape index (κ3) is 2.45. The largest absolute Gasteiger partial charge is 0.0991 e. The summed E-state index contributed by atoms with van der Waals surface area (Å²) in [6.45, 7) is 9.73. The van der Waals surface area contributed by atoms with Gasteiger partial charge in [0.2, 0.25) is 0 Å². The van der Waals surface area contributed by atoms with Crippen molar-refractivity contribution >= 4 is 5.57 Å². The van der Waals surface area contributed by atoms with E-state index in [4.69, 9.17) is 0 Å². The highest BCUT2D eigenvalue weighted by molar-refractivity contribution is 5.76. The summed E-state index contributed by atoms with van der Waals surface area (Å²) >= 11 is 0. The predicted octanol–water partition coefficient (Wildman–Crippen LogP) is 3.83. The van der Waals surface area contributed by atoms with Gasteiger partial charge in [-0.15, -0.1) is 0 Å². The zero-order valence-corrected chi connectivity index (χ0v) is 7.96. The highest BCUT2D eigenvalue weighted by Crippen LogP contribution is 2.19. The van der Waals surface area contributed by atoms with Crippen LogP contribution in [-0.4, -0.2) is 0 Å². The van der Waals surface area contributed by atoms with Crippen molar-refractivity contribution in [1.29, 1.82) is 0 Å². The maximum Gasteiger partial charge on any atom is -0.0187 e. The van der Waals surface area contributed by atoms with E-state index in [-0.39, 0.29) is 0 Å². The molecule has 0 bridgehead atoms. The predicted molar refractivity (Wildman–Crippen MR) is 59.4 cm³/mol. The van der Waals surface area contributed by atoms with Crippen LogP contribution in [0.3, 0.4) is 0 Å². The Hall–Kier alpha value is -1.56. The Balaban J connectivity index is 2.92. The molecule has 0 amide bonds. The van der Waals surface area contributed by atoms with Crippen LogP contribution in [0.1, 0.15) is 12.5 Å². The second-order valence-corrected chi connectivity index (χ2v) is 2.93. The molecule has 0 spiro atoms. The highest BCUT2D eigenvalue weighted by atomic mass is 14.0. The second-order valence-electron chi connectivity index (χ2n) is 2.93. The van der Waals surface area contributed by atoms with Crippen LogP contribution >= 0.6 is 0 Å². The molecule has 0 unspecified atom stereocenters. The van der Waals surface area contributed by atoms with Crippen molar-refractivity contribution in [2.24, 2.45) is 0 Å². The van der Waals surface area contributed by atoms with Gasteiger partial charge in [0.1, 0.15) is 0 Å². The van der Waals surface area contributed by atoms with E-state index >= 15 is 0 Å². The SMILES string of the molecule is C=C/C=C(/C)C(=C)c1ccccc1. The highest BCUT2D eigenvalue weighted by Gasteiger charge is 1.97. The van der Waals surface area contributed by atoms with Gasteiger partial charge in [0.15, 0.2) is 0 Å². The van der Waals surface area contributed by atoms with Gasteiger partial charge in [0.25, 0.3) is 0 Å². The molecule has 0 nitrogen and oxygen atoms in total. The van der Waals surface area contributed by atoms with Gasteiger partial charge in [0.05, 0.1) is 0 Å². The minimum absolute atomic E-state index is 1.06. The first kappa shape index (κ1) is 9.53. The van der Waals surface area contributed by atoms with Gasteiger partial charge in [-0.3, -0.25) is 0 Å². The Morgan fingerprint density at radius 3 is 2.38 bits per heavy atom. The van der Waals surface area contributed by atoms with Crippen LogP contribution in [0.25, 0.3) is 5.57 Å². The second kappa shape index (κ2) is 4.46. The Morgan fingerprint density at radius 2 is 1.85 bits per heavy atom. The molecule has 1 rings (SSSR count). The molecule has 66 valence electrons. The zero-order valence-electron chi connectivity index (χ0n) is 7.96. The maximum atomic E-state index is 4.03. The first-order valence-corrected chi connectivity index (χ1v) is 4.29. The number of allylic oxidation sites excluding steroid dienone is 4. The third-order valence-electron chi connectivity index (χ3n) is 1.97. The topological polar surface area (TPSA) is 0 Å². The molecule has 0 atom stereocenters. The van der Waals surface area contributed by atoms with Crippen LogP contribution in [0.4, 0.5) is 0 Å². The van der Waals surface area contributed by atoms with Gasteiger partial charge in [-0.1, -0.05) is 55.6 Å². The van der Waals surface area contributed by atoms with E-state index in [1.807, 2.05) is 31.2 Å². The molecule has 0 aliphatic rings. The molecule has 0 saturated carbocycles. The standard InChI is InChI=1S/C13H14/c1-4-8-11(2)12(3)13-9-6-5-7-10-13/h4-10H,1,3H2,2H3/b11-8-. The zero-order chi connectivity index (χ0) is 9.68. The summed E-state index contributed by atoms with van der Waals surface area (Å²) in [4.78, 5) is 0. The Kier molecular flexibility index (Phi) is 3.27. The molecule has 0 fully saturated rings. The fraction of sp³-hybridized carbons (Fsp3) is 0.0769. The molecule has 0 N–H and O–H groups in total. The Labute approximate surface area is 79.9 Å². The minimum atomic E-state index is 1.06. The summed E-state index contributed by atoms with van der Waals surface area (Å²) in [5, 5.41) is 0. The summed E-state index contributed by atoms with van der Waals surface area (Å²) in [5.41, 5.74) is 3.37. The summed E-state index contributed by atoms with van der Waals surface area (Å²) in [5.74, 6) is 0. The molecule has 0 heterocycles. The van der Waals surface area contributed by atoms with Gasteiger partial charge < -0.3 is 0 Å². The van der Waals surface area contributed by atoms with E-state index in [1.165, 1.54) is 0 Å². The van der Waals surface area contributed by atoms with Gasteiger partial charge in [-0.2, -0.15) is 0 Å². The molecule has 0 radical (unpaired) electrons. The van der Waals surface area contributed by atoms with Crippen LogP contribution < -0.4 is 0 Å². The number of rotatable bonds is 3. The van der Waals surface area contributed by atoms with Crippen LogP contribution in [0.5, 0.6) is 0 Å². The summed E-state index contributed by atoms with van der Waals surface area (Å²) < 4.78 is 0. The molecule has 0 aliphatic carbocycles. The van der Waals surface area contributed by atoms with Crippen molar-refractivity contribution in [3.8, 4) is 0 Å². The summed E-state index contributed by atoms with van der Waals surface area (Å²) in [6.07, 6.45) is 3.75. The monoisotopic (exact) mass is 170 g/mol. The first-order valence-electron chi connectivity index (χ1n) is 4.29. The van der Waals surface area contributed by atoms with E-state index in [1.54, 1.807) is 6.08 Å². The van der Waals surface area contributed by atoms with Crippen LogP contribution in [0.15, 0.2) is 61.2 Å². The number of hydrogen-bond acceptors (Lipinski definition) is 0. The lowest BCUT2D eigenvalue weighted by molar-refractivity contribution is 1.50. The smallest absolute Gasteiger partial charge is 0.0187 e. The quantitative estimate of drug-likeness (QED) is 0.605. The van der Waals surface area contributed by atoms with Gasteiger partial charge in [-0.05, 0) is 23.6 Å². The molecule has 1 aromatic rings. The first-order chi connectivity index (χ1) is 6.25. The van der Waals surface area contributed by atoms with Crippen molar-refractivity contribution in [2.75, 3.05) is 0 Å². The molecular formula is C13H14. The van der Waals surface area contributed by atoms with Crippen molar-refractivity contribution < 1.29 is 0 Å². The molecule has 0 heteroatoms. The summed E-state index contributed by atoms with van der Waals surface area (Å²) in [7, 11) is 0.